The molecule has 1 aliphatic carbocycles. The quantitative estimate of drug-likeness (QED) is 0.739. The summed E-state index contributed by atoms with van der Waals surface area (Å²) < 4.78 is 11.5. The highest BCUT2D eigenvalue weighted by Crippen LogP contribution is 2.58. The monoisotopic (exact) mass is 402 g/mol. The van der Waals surface area contributed by atoms with E-state index >= 15 is 0 Å². The Kier molecular flexibility index (Phi) is 6.47. The number of hydrogen-bond donors (Lipinski definition) is 2. The van der Waals surface area contributed by atoms with Gasteiger partial charge in [0.15, 0.2) is 5.75 Å². The van der Waals surface area contributed by atoms with Crippen LogP contribution < -0.4 is 20.1 Å². The maximum Gasteiger partial charge on any atom is 0.228 e. The van der Waals surface area contributed by atoms with Crippen molar-refractivity contribution in [2.75, 3.05) is 25.0 Å². The molecule has 1 spiro atoms. The molecule has 150 valence electrons. The largest absolute Gasteiger partial charge is 0.494 e. The molecule has 1 amide bonds. The maximum atomic E-state index is 12.8. The molecule has 1 atom stereocenters. The van der Waals surface area contributed by atoms with Crippen LogP contribution in [0.15, 0.2) is 48.5 Å². The second-order valence-corrected chi connectivity index (χ2v) is 7.36. The van der Waals surface area contributed by atoms with Crippen molar-refractivity contribution < 1.29 is 14.3 Å². The standard InChI is InChI=1S/C22H26N2O3.ClH/c1-2-26-16-7-9-17(10-8-16)27-20-6-4-3-5-19(20)24-21(25)18-15-22(18)11-13-23-14-12-22;/h3-10,18,23H,2,11-15H2,1H3,(H,24,25);1H. The van der Waals surface area contributed by atoms with Crippen molar-refractivity contribution in [2.45, 2.75) is 26.2 Å². The molecular weight excluding hydrogens is 376 g/mol. The number of piperidine rings is 1. The van der Waals surface area contributed by atoms with Crippen molar-refractivity contribution in [1.29, 1.82) is 0 Å². The predicted molar refractivity (Wildman–Crippen MR) is 113 cm³/mol. The lowest BCUT2D eigenvalue weighted by Crippen LogP contribution is -2.31. The van der Waals surface area contributed by atoms with E-state index in [1.54, 1.807) is 0 Å². The normalized spacial score (nSPS) is 19.4. The van der Waals surface area contributed by atoms with Crippen LogP contribution in [0.5, 0.6) is 17.2 Å². The second kappa shape index (κ2) is 8.84. The Morgan fingerprint density at radius 1 is 1.11 bits per heavy atom. The summed E-state index contributed by atoms with van der Waals surface area (Å²) in [7, 11) is 0. The molecule has 2 fully saturated rings. The fourth-order valence-corrected chi connectivity index (χ4v) is 3.97. The van der Waals surface area contributed by atoms with E-state index in [0.717, 1.165) is 38.1 Å². The van der Waals surface area contributed by atoms with Crippen LogP contribution in [0.3, 0.4) is 0 Å². The van der Waals surface area contributed by atoms with E-state index in [1.165, 1.54) is 0 Å². The molecule has 2 N–H and O–H groups in total. The molecule has 4 rings (SSSR count). The van der Waals surface area contributed by atoms with Gasteiger partial charge in [-0.05, 0) is 81.1 Å². The lowest BCUT2D eigenvalue weighted by atomic mass is 9.92. The highest BCUT2D eigenvalue weighted by molar-refractivity contribution is 5.96. The third kappa shape index (κ3) is 4.42. The van der Waals surface area contributed by atoms with E-state index in [2.05, 4.69) is 10.6 Å². The minimum Gasteiger partial charge on any atom is -0.494 e. The lowest BCUT2D eigenvalue weighted by Gasteiger charge is -2.23. The summed E-state index contributed by atoms with van der Waals surface area (Å²) in [5.74, 6) is 2.40. The number of halogens is 1. The first-order valence-electron chi connectivity index (χ1n) is 9.71. The molecule has 28 heavy (non-hydrogen) atoms. The van der Waals surface area contributed by atoms with Crippen LogP contribution in [0.25, 0.3) is 0 Å². The average molecular weight is 403 g/mol. The number of para-hydroxylation sites is 2. The fourth-order valence-electron chi connectivity index (χ4n) is 3.97. The molecule has 2 aromatic rings. The van der Waals surface area contributed by atoms with E-state index in [4.69, 9.17) is 9.47 Å². The number of carbonyl (C=O) groups is 1. The first-order valence-corrected chi connectivity index (χ1v) is 9.71. The fraction of sp³-hybridized carbons (Fsp3) is 0.409. The first-order chi connectivity index (χ1) is 13.2. The molecule has 1 unspecified atom stereocenters. The van der Waals surface area contributed by atoms with Crippen molar-refractivity contribution in [3.63, 3.8) is 0 Å². The number of benzene rings is 2. The van der Waals surface area contributed by atoms with Gasteiger partial charge in [0.2, 0.25) is 5.91 Å². The van der Waals surface area contributed by atoms with Crippen LogP contribution in [-0.4, -0.2) is 25.6 Å². The topological polar surface area (TPSA) is 59.6 Å². The number of anilines is 1. The zero-order chi connectivity index (χ0) is 18.7. The van der Waals surface area contributed by atoms with Crippen LogP contribution in [-0.2, 0) is 4.79 Å². The van der Waals surface area contributed by atoms with Gasteiger partial charge in [0.1, 0.15) is 11.5 Å². The maximum absolute atomic E-state index is 12.8. The number of carbonyl (C=O) groups excluding carboxylic acids is 1. The van der Waals surface area contributed by atoms with E-state index in [1.807, 2.05) is 55.5 Å². The average Bonchev–Trinajstić information content (AvgIpc) is 3.38. The lowest BCUT2D eigenvalue weighted by molar-refractivity contribution is -0.118. The molecule has 0 aromatic heterocycles. The molecule has 2 aromatic carbocycles. The van der Waals surface area contributed by atoms with E-state index in [-0.39, 0.29) is 29.6 Å². The minimum absolute atomic E-state index is 0. The molecule has 1 aliphatic heterocycles. The van der Waals surface area contributed by atoms with Gasteiger partial charge in [0, 0.05) is 5.92 Å². The molecule has 1 saturated heterocycles. The van der Waals surface area contributed by atoms with E-state index < -0.39 is 0 Å². The summed E-state index contributed by atoms with van der Waals surface area (Å²) in [4.78, 5) is 12.8. The van der Waals surface area contributed by atoms with Crippen molar-refractivity contribution >= 4 is 24.0 Å². The number of ether oxygens (including phenoxy) is 2. The summed E-state index contributed by atoms with van der Waals surface area (Å²) >= 11 is 0. The van der Waals surface area contributed by atoms with Crippen LogP contribution in [0.4, 0.5) is 5.69 Å². The number of hydrogen-bond acceptors (Lipinski definition) is 4. The van der Waals surface area contributed by atoms with Crippen LogP contribution in [0.2, 0.25) is 0 Å². The third-order valence-electron chi connectivity index (χ3n) is 5.61. The summed E-state index contributed by atoms with van der Waals surface area (Å²) in [5.41, 5.74) is 0.938. The molecule has 2 aliphatic rings. The van der Waals surface area contributed by atoms with Crippen molar-refractivity contribution in [3.8, 4) is 17.2 Å². The highest BCUT2D eigenvalue weighted by atomic mass is 35.5. The van der Waals surface area contributed by atoms with Gasteiger partial charge in [-0.3, -0.25) is 4.79 Å². The highest BCUT2D eigenvalue weighted by Gasteiger charge is 2.57. The van der Waals surface area contributed by atoms with E-state index in [9.17, 15) is 4.79 Å². The molecule has 1 saturated carbocycles. The number of rotatable bonds is 6. The van der Waals surface area contributed by atoms with Gasteiger partial charge in [-0.15, -0.1) is 12.4 Å². The summed E-state index contributed by atoms with van der Waals surface area (Å²) in [6, 6.07) is 15.1. The zero-order valence-corrected chi connectivity index (χ0v) is 16.9. The molecular formula is C22H27ClN2O3. The summed E-state index contributed by atoms with van der Waals surface area (Å²) in [6.07, 6.45) is 3.19. The van der Waals surface area contributed by atoms with Gasteiger partial charge in [0.25, 0.3) is 0 Å². The van der Waals surface area contributed by atoms with Crippen LogP contribution >= 0.6 is 12.4 Å². The van der Waals surface area contributed by atoms with Crippen molar-refractivity contribution in [1.82, 2.24) is 5.32 Å². The second-order valence-electron chi connectivity index (χ2n) is 7.36. The number of amides is 1. The summed E-state index contributed by atoms with van der Waals surface area (Å²) in [6.45, 7) is 4.62. The molecule has 1 heterocycles. The van der Waals surface area contributed by atoms with Crippen LogP contribution in [0.1, 0.15) is 26.2 Å². The SMILES string of the molecule is CCOc1ccc(Oc2ccccc2NC(=O)C2CC23CCNCC3)cc1.Cl. The Hall–Kier alpha value is -2.24. The third-order valence-corrected chi connectivity index (χ3v) is 5.61. The number of nitrogens with one attached hydrogen (secondary N) is 2. The van der Waals surface area contributed by atoms with Gasteiger partial charge < -0.3 is 20.1 Å². The molecule has 5 nitrogen and oxygen atoms in total. The Morgan fingerprint density at radius 3 is 2.50 bits per heavy atom. The molecule has 6 heteroatoms. The van der Waals surface area contributed by atoms with Crippen LogP contribution in [0, 0.1) is 11.3 Å². The minimum atomic E-state index is 0. The Bertz CT molecular complexity index is 804. The smallest absolute Gasteiger partial charge is 0.228 e. The zero-order valence-electron chi connectivity index (χ0n) is 16.1. The first kappa shape index (κ1) is 20.5. The van der Waals surface area contributed by atoms with Gasteiger partial charge in [-0.2, -0.15) is 0 Å². The Labute approximate surface area is 172 Å². The predicted octanol–water partition coefficient (Wildman–Crippen LogP) is 4.63. The van der Waals surface area contributed by atoms with Gasteiger partial charge >= 0.3 is 0 Å². The Morgan fingerprint density at radius 2 is 1.79 bits per heavy atom. The van der Waals surface area contributed by atoms with Gasteiger partial charge in [0.05, 0.1) is 12.3 Å². The van der Waals surface area contributed by atoms with Crippen molar-refractivity contribution in [2.24, 2.45) is 11.3 Å². The van der Waals surface area contributed by atoms with Gasteiger partial charge in [-0.1, -0.05) is 12.1 Å². The molecule has 0 bridgehead atoms. The van der Waals surface area contributed by atoms with E-state index in [0.29, 0.717) is 23.8 Å². The van der Waals surface area contributed by atoms with Crippen molar-refractivity contribution in [3.05, 3.63) is 48.5 Å². The molecule has 0 radical (unpaired) electrons. The van der Waals surface area contributed by atoms with Gasteiger partial charge in [-0.25, -0.2) is 0 Å². The Balaban J connectivity index is 0.00000225. The summed E-state index contributed by atoms with van der Waals surface area (Å²) in [5, 5.41) is 6.46.